The molecule has 0 spiro atoms. The number of hydrogen-bond acceptors (Lipinski definition) is 3. The quantitative estimate of drug-likeness (QED) is 0.642. The zero-order valence-electron chi connectivity index (χ0n) is 8.04. The summed E-state index contributed by atoms with van der Waals surface area (Å²) in [4.78, 5) is 10.8. The average Bonchev–Trinajstić information content (AvgIpc) is 2.00. The molecule has 0 radical (unpaired) electrons. The Morgan fingerprint density at radius 2 is 2.08 bits per heavy atom. The van der Waals surface area contributed by atoms with Crippen LogP contribution in [0.4, 0.5) is 0 Å². The van der Waals surface area contributed by atoms with Crippen molar-refractivity contribution in [3.05, 3.63) is 0 Å². The van der Waals surface area contributed by atoms with Gasteiger partial charge in [-0.1, -0.05) is 19.8 Å². The Labute approximate surface area is 73.7 Å². The monoisotopic (exact) mass is 174 g/mol. The smallest absolute Gasteiger partial charge is 0.334 e. The molecule has 2 atom stereocenters. The van der Waals surface area contributed by atoms with Crippen LogP contribution in [-0.2, 0) is 9.53 Å². The molecule has 2 unspecified atom stereocenters. The number of carbonyl (C=O) groups excluding carboxylic acids is 1. The Hall–Kier alpha value is -0.570. The summed E-state index contributed by atoms with van der Waals surface area (Å²) in [6.45, 7) is 5.34. The van der Waals surface area contributed by atoms with Crippen molar-refractivity contribution in [2.45, 2.75) is 52.2 Å². The Morgan fingerprint density at radius 1 is 1.50 bits per heavy atom. The summed E-state index contributed by atoms with van der Waals surface area (Å²) in [5, 5.41) is 8.82. The van der Waals surface area contributed by atoms with E-state index in [1.807, 2.05) is 6.92 Å². The molecule has 0 aliphatic carbocycles. The highest BCUT2D eigenvalue weighted by Crippen LogP contribution is 2.04. The van der Waals surface area contributed by atoms with E-state index in [4.69, 9.17) is 9.84 Å². The third-order valence-corrected chi connectivity index (χ3v) is 1.62. The van der Waals surface area contributed by atoms with Gasteiger partial charge in [0.05, 0.1) is 6.10 Å². The Bertz CT molecular complexity index is 132. The molecule has 72 valence electrons. The van der Waals surface area contributed by atoms with Crippen molar-refractivity contribution in [3.63, 3.8) is 0 Å². The first kappa shape index (κ1) is 11.4. The second kappa shape index (κ2) is 6.00. The normalized spacial score (nSPS) is 15.3. The maximum atomic E-state index is 10.8. The average molecular weight is 174 g/mol. The van der Waals surface area contributed by atoms with Gasteiger partial charge in [0.2, 0.25) is 0 Å². The fraction of sp³-hybridized carbons (Fsp3) is 0.889. The fourth-order valence-corrected chi connectivity index (χ4v) is 0.847. The highest BCUT2D eigenvalue weighted by atomic mass is 16.6. The van der Waals surface area contributed by atoms with E-state index in [0.29, 0.717) is 0 Å². The zero-order valence-corrected chi connectivity index (χ0v) is 8.04. The van der Waals surface area contributed by atoms with Gasteiger partial charge in [0.25, 0.3) is 0 Å². The predicted molar refractivity (Wildman–Crippen MR) is 46.8 cm³/mol. The van der Waals surface area contributed by atoms with E-state index in [9.17, 15) is 4.79 Å². The van der Waals surface area contributed by atoms with Crippen LogP contribution in [0.1, 0.15) is 40.0 Å². The molecule has 0 aliphatic rings. The van der Waals surface area contributed by atoms with Crippen molar-refractivity contribution in [3.8, 4) is 0 Å². The molecule has 1 N–H and O–H groups in total. The molecule has 0 amide bonds. The highest BCUT2D eigenvalue weighted by molar-refractivity contribution is 5.73. The second-order valence-corrected chi connectivity index (χ2v) is 3.07. The van der Waals surface area contributed by atoms with Gasteiger partial charge in [-0.25, -0.2) is 4.79 Å². The van der Waals surface area contributed by atoms with Gasteiger partial charge in [-0.2, -0.15) is 0 Å². The summed E-state index contributed by atoms with van der Waals surface area (Å²) >= 11 is 0. The molecule has 0 aromatic carbocycles. The topological polar surface area (TPSA) is 46.5 Å². The lowest BCUT2D eigenvalue weighted by Crippen LogP contribution is -2.24. The third kappa shape index (κ3) is 5.13. The van der Waals surface area contributed by atoms with Crippen LogP contribution in [0, 0.1) is 0 Å². The first-order valence-corrected chi connectivity index (χ1v) is 4.46. The van der Waals surface area contributed by atoms with E-state index in [-0.39, 0.29) is 6.10 Å². The maximum absolute atomic E-state index is 10.8. The van der Waals surface area contributed by atoms with Crippen molar-refractivity contribution >= 4 is 5.97 Å². The van der Waals surface area contributed by atoms with Crippen LogP contribution in [0.15, 0.2) is 0 Å². The number of unbranched alkanes of at least 4 members (excludes halogenated alkanes) is 1. The Morgan fingerprint density at radius 3 is 2.50 bits per heavy atom. The summed E-state index contributed by atoms with van der Waals surface area (Å²) < 4.78 is 4.92. The van der Waals surface area contributed by atoms with Crippen LogP contribution in [0.5, 0.6) is 0 Å². The molecule has 0 aromatic rings. The molecular weight excluding hydrogens is 156 g/mol. The van der Waals surface area contributed by atoms with Gasteiger partial charge in [-0.05, 0) is 20.3 Å². The molecule has 3 heteroatoms. The lowest BCUT2D eigenvalue weighted by Gasteiger charge is -2.13. The minimum Gasteiger partial charge on any atom is -0.461 e. The minimum absolute atomic E-state index is 0.0768. The summed E-state index contributed by atoms with van der Waals surface area (Å²) in [7, 11) is 0. The first-order valence-electron chi connectivity index (χ1n) is 4.46. The van der Waals surface area contributed by atoms with E-state index in [1.54, 1.807) is 0 Å². The number of aliphatic hydroxyl groups is 1. The van der Waals surface area contributed by atoms with E-state index < -0.39 is 12.1 Å². The van der Waals surface area contributed by atoms with Crippen LogP contribution in [-0.4, -0.2) is 23.3 Å². The van der Waals surface area contributed by atoms with E-state index in [0.717, 1.165) is 19.3 Å². The molecule has 0 heterocycles. The minimum atomic E-state index is -1.01. The summed E-state index contributed by atoms with van der Waals surface area (Å²) in [6.07, 6.45) is 1.93. The van der Waals surface area contributed by atoms with Crippen molar-refractivity contribution in [2.24, 2.45) is 0 Å². The van der Waals surface area contributed by atoms with Crippen molar-refractivity contribution in [2.75, 3.05) is 0 Å². The molecular formula is C9H18O3. The standard InChI is InChI=1S/C9H18O3/c1-4-5-6-7(2)12-9(11)8(3)10/h7-8,10H,4-6H2,1-3H3. The predicted octanol–water partition coefficient (Wildman–Crippen LogP) is 1.49. The SMILES string of the molecule is CCCCC(C)OC(=O)C(C)O. The lowest BCUT2D eigenvalue weighted by atomic mass is 10.2. The molecule has 0 rings (SSSR count). The van der Waals surface area contributed by atoms with Gasteiger partial charge in [0.15, 0.2) is 0 Å². The summed E-state index contributed by atoms with van der Waals surface area (Å²) in [5.74, 6) is -0.529. The summed E-state index contributed by atoms with van der Waals surface area (Å²) in [6, 6.07) is 0. The highest BCUT2D eigenvalue weighted by Gasteiger charge is 2.13. The lowest BCUT2D eigenvalue weighted by molar-refractivity contribution is -0.157. The number of ether oxygens (including phenoxy) is 1. The van der Waals surface area contributed by atoms with E-state index >= 15 is 0 Å². The molecule has 0 aromatic heterocycles. The van der Waals surface area contributed by atoms with Crippen LogP contribution < -0.4 is 0 Å². The molecule has 12 heavy (non-hydrogen) atoms. The van der Waals surface area contributed by atoms with Gasteiger partial charge < -0.3 is 9.84 Å². The van der Waals surface area contributed by atoms with Crippen molar-refractivity contribution < 1.29 is 14.6 Å². The molecule has 0 saturated carbocycles. The molecule has 3 nitrogen and oxygen atoms in total. The van der Waals surface area contributed by atoms with Gasteiger partial charge in [-0.15, -0.1) is 0 Å². The zero-order chi connectivity index (χ0) is 9.56. The third-order valence-electron chi connectivity index (χ3n) is 1.62. The number of esters is 1. The van der Waals surface area contributed by atoms with E-state index in [1.165, 1.54) is 6.92 Å². The van der Waals surface area contributed by atoms with Crippen LogP contribution >= 0.6 is 0 Å². The second-order valence-electron chi connectivity index (χ2n) is 3.07. The Kier molecular flexibility index (Phi) is 5.72. The van der Waals surface area contributed by atoms with Crippen LogP contribution in [0.25, 0.3) is 0 Å². The molecule has 0 aliphatic heterocycles. The largest absolute Gasteiger partial charge is 0.461 e. The van der Waals surface area contributed by atoms with Crippen LogP contribution in [0.2, 0.25) is 0 Å². The summed E-state index contributed by atoms with van der Waals surface area (Å²) in [5.41, 5.74) is 0. The maximum Gasteiger partial charge on any atom is 0.334 e. The Balaban J connectivity index is 3.54. The molecule has 0 fully saturated rings. The van der Waals surface area contributed by atoms with Crippen molar-refractivity contribution in [1.29, 1.82) is 0 Å². The number of rotatable bonds is 5. The first-order chi connectivity index (χ1) is 5.57. The molecule has 0 bridgehead atoms. The van der Waals surface area contributed by atoms with Crippen molar-refractivity contribution in [1.82, 2.24) is 0 Å². The molecule has 0 saturated heterocycles. The number of carbonyl (C=O) groups is 1. The van der Waals surface area contributed by atoms with Gasteiger partial charge in [0.1, 0.15) is 6.10 Å². The van der Waals surface area contributed by atoms with Crippen LogP contribution in [0.3, 0.4) is 0 Å². The number of aliphatic hydroxyl groups excluding tert-OH is 1. The van der Waals surface area contributed by atoms with Gasteiger partial charge in [-0.3, -0.25) is 0 Å². The van der Waals surface area contributed by atoms with Gasteiger partial charge >= 0.3 is 5.97 Å². The van der Waals surface area contributed by atoms with Gasteiger partial charge in [0, 0.05) is 0 Å². The fourth-order valence-electron chi connectivity index (χ4n) is 0.847. The number of hydrogen-bond donors (Lipinski definition) is 1. The van der Waals surface area contributed by atoms with E-state index in [2.05, 4.69) is 6.92 Å².